The SMILES string of the molecule is COC(=O)C(CSSCC(NC(=O)c1cccc(OC(C)=O)c1C)C(=O)OC)NC(=O)c1cccc(OC(C)=O)c1C. The molecule has 0 saturated heterocycles. The number of nitrogens with one attached hydrogen (secondary N) is 2. The van der Waals surface area contributed by atoms with Gasteiger partial charge in [0.25, 0.3) is 11.8 Å². The summed E-state index contributed by atoms with van der Waals surface area (Å²) in [7, 11) is 4.70. The Morgan fingerprint density at radius 3 is 1.33 bits per heavy atom. The first-order valence-electron chi connectivity index (χ1n) is 12.5. The molecule has 12 nitrogen and oxygen atoms in total. The Kier molecular flexibility index (Phi) is 13.4. The fourth-order valence-electron chi connectivity index (χ4n) is 3.58. The van der Waals surface area contributed by atoms with Crippen LogP contribution in [0.2, 0.25) is 0 Å². The second-order valence-electron chi connectivity index (χ2n) is 8.71. The van der Waals surface area contributed by atoms with Crippen LogP contribution in [-0.4, -0.2) is 73.5 Å². The Morgan fingerprint density at radius 2 is 1.02 bits per heavy atom. The van der Waals surface area contributed by atoms with E-state index in [9.17, 15) is 28.8 Å². The van der Waals surface area contributed by atoms with Gasteiger partial charge >= 0.3 is 23.9 Å². The first-order valence-corrected chi connectivity index (χ1v) is 15.0. The van der Waals surface area contributed by atoms with E-state index in [1.165, 1.54) is 40.2 Å². The molecule has 0 spiro atoms. The van der Waals surface area contributed by atoms with Crippen LogP contribution in [0.4, 0.5) is 0 Å². The molecule has 42 heavy (non-hydrogen) atoms. The Balaban J connectivity index is 2.06. The van der Waals surface area contributed by atoms with E-state index in [1.54, 1.807) is 38.1 Å². The minimum atomic E-state index is -1.05. The predicted molar refractivity (Wildman–Crippen MR) is 156 cm³/mol. The van der Waals surface area contributed by atoms with Crippen molar-refractivity contribution in [2.75, 3.05) is 25.7 Å². The third kappa shape index (κ3) is 9.80. The van der Waals surface area contributed by atoms with Crippen LogP contribution in [0.15, 0.2) is 36.4 Å². The van der Waals surface area contributed by atoms with Crippen LogP contribution < -0.4 is 20.1 Å². The number of hydrogen-bond acceptors (Lipinski definition) is 12. The summed E-state index contributed by atoms with van der Waals surface area (Å²) in [6, 6.07) is 7.16. The van der Waals surface area contributed by atoms with E-state index in [2.05, 4.69) is 10.6 Å². The average molecular weight is 621 g/mol. The quantitative estimate of drug-likeness (QED) is 0.146. The number of methoxy groups -OCH3 is 2. The zero-order valence-corrected chi connectivity index (χ0v) is 25.6. The lowest BCUT2D eigenvalue weighted by atomic mass is 10.1. The molecule has 0 heterocycles. The molecule has 2 unspecified atom stereocenters. The van der Waals surface area contributed by atoms with Crippen molar-refractivity contribution < 1.29 is 47.7 Å². The molecule has 2 atom stereocenters. The van der Waals surface area contributed by atoms with Gasteiger partial charge < -0.3 is 29.6 Å². The maximum absolute atomic E-state index is 13.0. The molecule has 0 bridgehead atoms. The molecule has 2 aromatic carbocycles. The lowest BCUT2D eigenvalue weighted by molar-refractivity contribution is -0.143. The van der Waals surface area contributed by atoms with Gasteiger partial charge in [-0.15, -0.1) is 0 Å². The highest BCUT2D eigenvalue weighted by Gasteiger charge is 2.27. The molecule has 0 aliphatic carbocycles. The normalized spacial score (nSPS) is 11.9. The molecule has 14 heteroatoms. The number of carbonyl (C=O) groups is 6. The van der Waals surface area contributed by atoms with Crippen LogP contribution in [0.1, 0.15) is 45.7 Å². The van der Waals surface area contributed by atoms with Gasteiger partial charge in [0.1, 0.15) is 23.6 Å². The molecular weight excluding hydrogens is 588 g/mol. The minimum absolute atomic E-state index is 0.0666. The Hall–Kier alpha value is -4.04. The van der Waals surface area contributed by atoms with E-state index in [0.717, 1.165) is 21.6 Å². The fraction of sp³-hybridized carbons (Fsp3) is 0.357. The lowest BCUT2D eigenvalue weighted by Crippen LogP contribution is -2.44. The summed E-state index contributed by atoms with van der Waals surface area (Å²) in [6.45, 7) is 5.71. The predicted octanol–water partition coefficient (Wildman–Crippen LogP) is 2.78. The molecule has 0 radical (unpaired) electrons. The Labute approximate surface area is 250 Å². The van der Waals surface area contributed by atoms with Crippen LogP contribution in [0.25, 0.3) is 0 Å². The highest BCUT2D eigenvalue weighted by atomic mass is 33.1. The van der Waals surface area contributed by atoms with Crippen molar-refractivity contribution in [3.05, 3.63) is 58.7 Å². The Bertz CT molecular complexity index is 1250. The summed E-state index contributed by atoms with van der Waals surface area (Å²) in [4.78, 5) is 73.4. The van der Waals surface area contributed by atoms with Crippen LogP contribution in [-0.2, 0) is 28.7 Å². The molecule has 0 aromatic heterocycles. The van der Waals surface area contributed by atoms with E-state index < -0.39 is 47.8 Å². The molecule has 0 aliphatic rings. The molecule has 2 amide bonds. The number of hydrogen-bond donors (Lipinski definition) is 2. The Morgan fingerprint density at radius 1 is 0.667 bits per heavy atom. The summed E-state index contributed by atoms with van der Waals surface area (Å²) in [5.41, 5.74) is 1.26. The third-order valence-corrected chi connectivity index (χ3v) is 8.12. The third-order valence-electron chi connectivity index (χ3n) is 5.70. The molecule has 2 aromatic rings. The van der Waals surface area contributed by atoms with Crippen molar-refractivity contribution in [3.63, 3.8) is 0 Å². The number of carbonyl (C=O) groups excluding carboxylic acids is 6. The van der Waals surface area contributed by atoms with Crippen molar-refractivity contribution in [1.82, 2.24) is 10.6 Å². The van der Waals surface area contributed by atoms with Crippen LogP contribution in [0, 0.1) is 13.8 Å². The number of amides is 2. The van der Waals surface area contributed by atoms with Crippen molar-refractivity contribution in [2.45, 2.75) is 39.8 Å². The van der Waals surface area contributed by atoms with Gasteiger partial charge in [-0.3, -0.25) is 19.2 Å². The molecule has 0 saturated carbocycles. The minimum Gasteiger partial charge on any atom is -0.467 e. The summed E-state index contributed by atoms with van der Waals surface area (Å²) in [6.07, 6.45) is 0. The van der Waals surface area contributed by atoms with E-state index in [-0.39, 0.29) is 34.1 Å². The summed E-state index contributed by atoms with van der Waals surface area (Å²) in [5.74, 6) is -3.03. The van der Waals surface area contributed by atoms with Crippen LogP contribution in [0.5, 0.6) is 11.5 Å². The molecule has 226 valence electrons. The zero-order valence-electron chi connectivity index (χ0n) is 23.9. The molecule has 2 rings (SSSR count). The monoisotopic (exact) mass is 620 g/mol. The highest BCUT2D eigenvalue weighted by molar-refractivity contribution is 8.76. The fourth-order valence-corrected chi connectivity index (χ4v) is 5.88. The van der Waals surface area contributed by atoms with Crippen molar-refractivity contribution >= 4 is 57.3 Å². The summed E-state index contributed by atoms with van der Waals surface area (Å²) >= 11 is 0. The van der Waals surface area contributed by atoms with Gasteiger partial charge in [-0.2, -0.15) is 0 Å². The lowest BCUT2D eigenvalue weighted by Gasteiger charge is -2.19. The van der Waals surface area contributed by atoms with E-state index in [0.29, 0.717) is 11.1 Å². The summed E-state index contributed by atoms with van der Waals surface area (Å²) < 4.78 is 19.9. The second kappa shape index (κ2) is 16.4. The largest absolute Gasteiger partial charge is 0.467 e. The molecular formula is C28H32N2O10S2. The van der Waals surface area contributed by atoms with Crippen LogP contribution >= 0.6 is 21.6 Å². The van der Waals surface area contributed by atoms with Gasteiger partial charge in [-0.05, 0) is 38.1 Å². The van der Waals surface area contributed by atoms with Crippen molar-refractivity contribution in [2.24, 2.45) is 0 Å². The van der Waals surface area contributed by atoms with Crippen molar-refractivity contribution in [1.29, 1.82) is 0 Å². The average Bonchev–Trinajstić information content (AvgIpc) is 2.94. The van der Waals surface area contributed by atoms with E-state index in [4.69, 9.17) is 18.9 Å². The summed E-state index contributed by atoms with van der Waals surface area (Å²) in [5, 5.41) is 5.24. The van der Waals surface area contributed by atoms with Gasteiger partial charge in [0.2, 0.25) is 0 Å². The number of benzene rings is 2. The van der Waals surface area contributed by atoms with E-state index >= 15 is 0 Å². The highest BCUT2D eigenvalue weighted by Crippen LogP contribution is 2.26. The molecule has 0 aliphatic heterocycles. The first kappa shape index (κ1) is 34.2. The molecule has 2 N–H and O–H groups in total. The van der Waals surface area contributed by atoms with E-state index in [1.807, 2.05) is 0 Å². The smallest absolute Gasteiger partial charge is 0.329 e. The molecule has 0 fully saturated rings. The second-order valence-corrected chi connectivity index (χ2v) is 11.3. The van der Waals surface area contributed by atoms with Gasteiger partial charge in [0, 0.05) is 47.6 Å². The first-order chi connectivity index (χ1) is 19.9. The maximum atomic E-state index is 13.0. The van der Waals surface area contributed by atoms with Gasteiger partial charge in [-0.1, -0.05) is 33.7 Å². The standard InChI is InChI=1S/C28H32N2O10S2/c1-15-19(9-7-11-23(15)39-17(3)31)25(33)29-21(27(35)37-5)13-41-42-14-22(28(36)38-6)30-26(34)20-10-8-12-24(16(20)2)40-18(4)32/h7-12,21-22H,13-14H2,1-6H3,(H,29,33)(H,30,34). The maximum Gasteiger partial charge on any atom is 0.329 e. The number of ether oxygens (including phenoxy) is 4. The van der Waals surface area contributed by atoms with Crippen molar-refractivity contribution in [3.8, 4) is 11.5 Å². The number of rotatable bonds is 13. The number of esters is 4. The van der Waals surface area contributed by atoms with Crippen LogP contribution in [0.3, 0.4) is 0 Å². The van der Waals surface area contributed by atoms with Gasteiger partial charge in [0.05, 0.1) is 14.2 Å². The van der Waals surface area contributed by atoms with Gasteiger partial charge in [0.15, 0.2) is 0 Å². The zero-order chi connectivity index (χ0) is 31.4. The topological polar surface area (TPSA) is 163 Å². The van der Waals surface area contributed by atoms with Gasteiger partial charge in [-0.25, -0.2) is 9.59 Å².